The lowest BCUT2D eigenvalue weighted by Gasteiger charge is -2.20. The molecule has 0 aromatic carbocycles. The summed E-state index contributed by atoms with van der Waals surface area (Å²) in [5.74, 6) is 4.22. The van der Waals surface area contributed by atoms with Gasteiger partial charge in [0.25, 0.3) is 0 Å². The molecule has 0 saturated carbocycles. The van der Waals surface area contributed by atoms with E-state index in [0.717, 1.165) is 18.3 Å². The maximum atomic E-state index is 6.11. The van der Waals surface area contributed by atoms with Gasteiger partial charge in [-0.25, -0.2) is 0 Å². The van der Waals surface area contributed by atoms with E-state index >= 15 is 0 Å². The van der Waals surface area contributed by atoms with Gasteiger partial charge in [0, 0.05) is 12.0 Å². The van der Waals surface area contributed by atoms with Crippen molar-refractivity contribution in [2.24, 2.45) is 5.92 Å². The monoisotopic (exact) mass is 259 g/mol. The van der Waals surface area contributed by atoms with Crippen LogP contribution in [0.25, 0.3) is 0 Å². The van der Waals surface area contributed by atoms with E-state index in [9.17, 15) is 0 Å². The molecule has 1 atom stereocenters. The van der Waals surface area contributed by atoms with Crippen LogP contribution < -0.4 is 0 Å². The molecule has 0 bridgehead atoms. The molecule has 0 amide bonds. The second-order valence-electron chi connectivity index (χ2n) is 5.38. The summed E-state index contributed by atoms with van der Waals surface area (Å²) in [4.78, 5) is 0. The normalized spacial score (nSPS) is 21.6. The second kappa shape index (κ2) is 4.57. The zero-order valence-electron chi connectivity index (χ0n) is 10.0. The number of aromatic nitrogens is 3. The van der Waals surface area contributed by atoms with Crippen LogP contribution in [0.15, 0.2) is 0 Å². The van der Waals surface area contributed by atoms with Crippen LogP contribution in [0.4, 0.5) is 0 Å². The molecule has 2 heterocycles. The van der Waals surface area contributed by atoms with Gasteiger partial charge in [0.15, 0.2) is 0 Å². The summed E-state index contributed by atoms with van der Waals surface area (Å²) in [6.07, 6.45) is 1.28. The molecule has 1 fully saturated rings. The summed E-state index contributed by atoms with van der Waals surface area (Å²) in [5, 5.41) is 8.73. The third-order valence-electron chi connectivity index (χ3n) is 2.84. The molecule has 16 heavy (non-hydrogen) atoms. The average molecular weight is 260 g/mol. The Morgan fingerprint density at radius 3 is 2.75 bits per heavy atom. The SMILES string of the molecule is CC(C)(C)c1nnc(Cl)n1CC1CCSC1. The fraction of sp³-hybridized carbons (Fsp3) is 0.818. The van der Waals surface area contributed by atoms with Crippen molar-refractivity contribution in [2.45, 2.75) is 39.2 Å². The van der Waals surface area contributed by atoms with Crippen molar-refractivity contribution >= 4 is 23.4 Å². The lowest BCUT2D eigenvalue weighted by molar-refractivity contribution is 0.438. The van der Waals surface area contributed by atoms with Crippen LogP contribution >= 0.6 is 23.4 Å². The average Bonchev–Trinajstić information content (AvgIpc) is 2.76. The van der Waals surface area contributed by atoms with E-state index < -0.39 is 0 Å². The number of thioether (sulfide) groups is 1. The van der Waals surface area contributed by atoms with Crippen LogP contribution in [0.1, 0.15) is 33.0 Å². The van der Waals surface area contributed by atoms with Crippen LogP contribution in [-0.4, -0.2) is 26.3 Å². The quantitative estimate of drug-likeness (QED) is 0.818. The van der Waals surface area contributed by atoms with E-state index in [4.69, 9.17) is 11.6 Å². The first-order valence-corrected chi connectivity index (χ1v) is 7.18. The maximum Gasteiger partial charge on any atom is 0.225 e. The van der Waals surface area contributed by atoms with Gasteiger partial charge in [0.2, 0.25) is 5.28 Å². The van der Waals surface area contributed by atoms with E-state index in [2.05, 4.69) is 35.5 Å². The molecule has 1 saturated heterocycles. The molecule has 2 rings (SSSR count). The molecule has 1 aromatic heterocycles. The molecule has 0 aliphatic carbocycles. The largest absolute Gasteiger partial charge is 0.301 e. The minimum absolute atomic E-state index is 0.00584. The van der Waals surface area contributed by atoms with E-state index in [1.54, 1.807) is 0 Å². The number of rotatable bonds is 2. The van der Waals surface area contributed by atoms with Gasteiger partial charge in [0.1, 0.15) is 5.82 Å². The van der Waals surface area contributed by atoms with Gasteiger partial charge in [-0.05, 0) is 35.4 Å². The maximum absolute atomic E-state index is 6.11. The second-order valence-corrected chi connectivity index (χ2v) is 6.87. The summed E-state index contributed by atoms with van der Waals surface area (Å²) in [6.45, 7) is 7.40. The Morgan fingerprint density at radius 2 is 2.19 bits per heavy atom. The molecule has 90 valence electrons. The highest BCUT2D eigenvalue weighted by atomic mass is 35.5. The highest BCUT2D eigenvalue weighted by Crippen LogP contribution is 2.29. The van der Waals surface area contributed by atoms with E-state index in [0.29, 0.717) is 5.28 Å². The Kier molecular flexibility index (Phi) is 3.50. The fourth-order valence-corrected chi connectivity index (χ4v) is 3.45. The standard InChI is InChI=1S/C11H18ClN3S/c1-11(2,3)9-13-14-10(12)15(9)6-8-4-5-16-7-8/h8H,4-7H2,1-3H3. The predicted octanol–water partition coefficient (Wildman–Crippen LogP) is 2.98. The molecular weight excluding hydrogens is 242 g/mol. The molecule has 0 spiro atoms. The van der Waals surface area contributed by atoms with E-state index in [1.807, 2.05) is 11.8 Å². The fourth-order valence-electron chi connectivity index (χ4n) is 1.99. The molecule has 1 aromatic rings. The lowest BCUT2D eigenvalue weighted by atomic mass is 9.95. The van der Waals surface area contributed by atoms with Gasteiger partial charge in [0.05, 0.1) is 0 Å². The zero-order chi connectivity index (χ0) is 11.8. The van der Waals surface area contributed by atoms with Crippen LogP contribution in [0.3, 0.4) is 0 Å². The van der Waals surface area contributed by atoms with Crippen molar-refractivity contribution in [1.82, 2.24) is 14.8 Å². The molecule has 5 heteroatoms. The third kappa shape index (κ3) is 2.54. The summed E-state index contributed by atoms with van der Waals surface area (Å²) < 4.78 is 2.08. The molecular formula is C11H18ClN3S. The third-order valence-corrected chi connectivity index (χ3v) is 4.35. The van der Waals surface area contributed by atoms with Gasteiger partial charge in [-0.1, -0.05) is 20.8 Å². The molecule has 1 aliphatic rings. The van der Waals surface area contributed by atoms with Crippen molar-refractivity contribution in [2.75, 3.05) is 11.5 Å². The van der Waals surface area contributed by atoms with Crippen molar-refractivity contribution in [3.63, 3.8) is 0 Å². The Labute approximate surface area is 106 Å². The van der Waals surface area contributed by atoms with Crippen molar-refractivity contribution < 1.29 is 0 Å². The van der Waals surface area contributed by atoms with Crippen molar-refractivity contribution in [3.05, 3.63) is 11.1 Å². The van der Waals surface area contributed by atoms with Crippen LogP contribution in [0, 0.1) is 5.92 Å². The van der Waals surface area contributed by atoms with Gasteiger partial charge in [-0.15, -0.1) is 10.2 Å². The minimum Gasteiger partial charge on any atom is -0.301 e. The van der Waals surface area contributed by atoms with Crippen LogP contribution in [0.5, 0.6) is 0 Å². The van der Waals surface area contributed by atoms with Gasteiger partial charge >= 0.3 is 0 Å². The number of nitrogens with zero attached hydrogens (tertiary/aromatic N) is 3. The molecule has 1 unspecified atom stereocenters. The summed E-state index contributed by atoms with van der Waals surface area (Å²) >= 11 is 8.14. The Balaban J connectivity index is 2.21. The van der Waals surface area contributed by atoms with E-state index in [1.165, 1.54) is 17.9 Å². The number of hydrogen-bond donors (Lipinski definition) is 0. The van der Waals surface area contributed by atoms with Crippen LogP contribution in [-0.2, 0) is 12.0 Å². The van der Waals surface area contributed by atoms with Crippen molar-refractivity contribution in [1.29, 1.82) is 0 Å². The Hall–Kier alpha value is -0.220. The van der Waals surface area contributed by atoms with Crippen molar-refractivity contribution in [3.8, 4) is 0 Å². The van der Waals surface area contributed by atoms with Crippen LogP contribution in [0.2, 0.25) is 5.28 Å². The molecule has 3 nitrogen and oxygen atoms in total. The summed E-state index contributed by atoms with van der Waals surface area (Å²) in [7, 11) is 0. The first kappa shape index (κ1) is 12.2. The van der Waals surface area contributed by atoms with Gasteiger partial charge in [-0.2, -0.15) is 11.8 Å². The molecule has 0 radical (unpaired) electrons. The number of hydrogen-bond acceptors (Lipinski definition) is 3. The highest BCUT2D eigenvalue weighted by molar-refractivity contribution is 7.99. The Morgan fingerprint density at radius 1 is 1.44 bits per heavy atom. The summed E-state index contributed by atoms with van der Waals surface area (Å²) in [6, 6.07) is 0. The highest BCUT2D eigenvalue weighted by Gasteiger charge is 2.26. The van der Waals surface area contributed by atoms with Gasteiger partial charge in [-0.3, -0.25) is 0 Å². The first-order chi connectivity index (χ1) is 7.48. The zero-order valence-corrected chi connectivity index (χ0v) is 11.6. The van der Waals surface area contributed by atoms with E-state index in [-0.39, 0.29) is 5.41 Å². The Bertz CT molecular complexity index is 364. The molecule has 0 N–H and O–H groups in total. The first-order valence-electron chi connectivity index (χ1n) is 5.65. The minimum atomic E-state index is 0.00584. The predicted molar refractivity (Wildman–Crippen MR) is 69.2 cm³/mol. The smallest absolute Gasteiger partial charge is 0.225 e. The topological polar surface area (TPSA) is 30.7 Å². The van der Waals surface area contributed by atoms with Gasteiger partial charge < -0.3 is 4.57 Å². The summed E-state index contributed by atoms with van der Waals surface area (Å²) in [5.41, 5.74) is 0.00584. The lowest BCUT2D eigenvalue weighted by Crippen LogP contribution is -2.22. The number of halogens is 1. The molecule has 1 aliphatic heterocycles.